The molecule has 0 aliphatic heterocycles. The standard InChI is InChI=1S/C11H17N5S/c1-4-12-9(10-6-5-8(2)17-10)7-11-13-15-16(3)14-11/h5-6,9,12H,4,7H2,1-3H3. The first-order valence-electron chi connectivity index (χ1n) is 5.71. The van der Waals surface area contributed by atoms with Crippen molar-refractivity contribution >= 4 is 11.3 Å². The first-order valence-corrected chi connectivity index (χ1v) is 6.53. The number of rotatable bonds is 5. The summed E-state index contributed by atoms with van der Waals surface area (Å²) in [4.78, 5) is 4.16. The van der Waals surface area contributed by atoms with Crippen molar-refractivity contribution in [1.82, 2.24) is 25.5 Å². The molecule has 2 aromatic heterocycles. The van der Waals surface area contributed by atoms with E-state index in [9.17, 15) is 0 Å². The fourth-order valence-corrected chi connectivity index (χ4v) is 2.70. The van der Waals surface area contributed by atoms with Crippen molar-refractivity contribution in [3.05, 3.63) is 27.7 Å². The van der Waals surface area contributed by atoms with E-state index in [2.05, 4.69) is 46.7 Å². The number of likely N-dealkylation sites (N-methyl/N-ethyl adjacent to an activating group) is 1. The van der Waals surface area contributed by atoms with E-state index in [4.69, 9.17) is 0 Å². The van der Waals surface area contributed by atoms with Crippen LogP contribution in [0.15, 0.2) is 12.1 Å². The summed E-state index contributed by atoms with van der Waals surface area (Å²) in [6.45, 7) is 5.16. The molecule has 0 fully saturated rings. The van der Waals surface area contributed by atoms with Crippen LogP contribution in [0.2, 0.25) is 0 Å². The minimum Gasteiger partial charge on any atom is -0.309 e. The average Bonchev–Trinajstić information content (AvgIpc) is 2.87. The summed E-state index contributed by atoms with van der Waals surface area (Å²) in [6.07, 6.45) is 0.779. The van der Waals surface area contributed by atoms with Crippen LogP contribution in [0.3, 0.4) is 0 Å². The fourth-order valence-electron chi connectivity index (χ4n) is 1.75. The highest BCUT2D eigenvalue weighted by Crippen LogP contribution is 2.24. The maximum atomic E-state index is 4.22. The summed E-state index contributed by atoms with van der Waals surface area (Å²) in [5, 5.41) is 15.6. The first kappa shape index (κ1) is 12.2. The fraction of sp³-hybridized carbons (Fsp3) is 0.545. The van der Waals surface area contributed by atoms with Crippen LogP contribution in [-0.4, -0.2) is 26.8 Å². The van der Waals surface area contributed by atoms with Gasteiger partial charge in [0, 0.05) is 22.2 Å². The summed E-state index contributed by atoms with van der Waals surface area (Å²) in [7, 11) is 1.79. The van der Waals surface area contributed by atoms with Crippen LogP contribution in [-0.2, 0) is 13.5 Å². The van der Waals surface area contributed by atoms with Gasteiger partial charge in [-0.3, -0.25) is 0 Å². The number of thiophene rings is 1. The predicted molar refractivity (Wildman–Crippen MR) is 68.0 cm³/mol. The molecule has 1 N–H and O–H groups in total. The molecule has 17 heavy (non-hydrogen) atoms. The monoisotopic (exact) mass is 251 g/mol. The van der Waals surface area contributed by atoms with Crippen LogP contribution in [0, 0.1) is 6.92 Å². The quantitative estimate of drug-likeness (QED) is 0.874. The third kappa shape index (κ3) is 3.10. The number of tetrazole rings is 1. The van der Waals surface area contributed by atoms with Crippen molar-refractivity contribution in [2.45, 2.75) is 26.3 Å². The van der Waals surface area contributed by atoms with Gasteiger partial charge in [0.15, 0.2) is 5.82 Å². The molecule has 0 saturated heterocycles. The Balaban J connectivity index is 2.12. The van der Waals surface area contributed by atoms with Crippen molar-refractivity contribution < 1.29 is 0 Å². The second-order valence-electron chi connectivity index (χ2n) is 3.96. The van der Waals surface area contributed by atoms with Gasteiger partial charge in [-0.15, -0.1) is 21.5 Å². The SMILES string of the molecule is CCNC(Cc1nnn(C)n1)c1ccc(C)s1. The van der Waals surface area contributed by atoms with Gasteiger partial charge in [-0.1, -0.05) is 6.92 Å². The van der Waals surface area contributed by atoms with E-state index in [0.29, 0.717) is 0 Å². The van der Waals surface area contributed by atoms with Gasteiger partial charge in [0.1, 0.15) is 0 Å². The Morgan fingerprint density at radius 1 is 1.47 bits per heavy atom. The number of hydrogen-bond acceptors (Lipinski definition) is 5. The Kier molecular flexibility index (Phi) is 3.86. The lowest BCUT2D eigenvalue weighted by molar-refractivity contribution is 0.542. The van der Waals surface area contributed by atoms with Gasteiger partial charge in [0.25, 0.3) is 0 Å². The zero-order chi connectivity index (χ0) is 12.3. The van der Waals surface area contributed by atoms with E-state index in [0.717, 1.165) is 18.8 Å². The van der Waals surface area contributed by atoms with E-state index in [1.807, 2.05) is 11.3 Å². The van der Waals surface area contributed by atoms with Crippen molar-refractivity contribution in [3.63, 3.8) is 0 Å². The lowest BCUT2D eigenvalue weighted by atomic mass is 10.1. The molecule has 0 spiro atoms. The van der Waals surface area contributed by atoms with Crippen molar-refractivity contribution in [3.8, 4) is 0 Å². The van der Waals surface area contributed by atoms with E-state index in [-0.39, 0.29) is 6.04 Å². The van der Waals surface area contributed by atoms with Gasteiger partial charge >= 0.3 is 0 Å². The summed E-state index contributed by atoms with van der Waals surface area (Å²) in [6, 6.07) is 4.60. The molecule has 0 radical (unpaired) electrons. The maximum Gasteiger partial charge on any atom is 0.176 e. The molecular formula is C11H17N5S. The molecule has 0 aliphatic carbocycles. The average molecular weight is 251 g/mol. The van der Waals surface area contributed by atoms with E-state index < -0.39 is 0 Å². The summed E-state index contributed by atoms with van der Waals surface area (Å²) in [5.74, 6) is 0.782. The molecule has 2 aromatic rings. The van der Waals surface area contributed by atoms with Gasteiger partial charge in [-0.25, -0.2) is 0 Å². The summed E-state index contributed by atoms with van der Waals surface area (Å²) in [5.41, 5.74) is 0. The molecule has 6 heteroatoms. The Hall–Kier alpha value is -1.27. The zero-order valence-electron chi connectivity index (χ0n) is 10.3. The first-order chi connectivity index (χ1) is 8.19. The molecule has 1 unspecified atom stereocenters. The molecule has 0 aliphatic rings. The number of aryl methyl sites for hydroxylation is 2. The number of nitrogens with one attached hydrogen (secondary N) is 1. The number of aromatic nitrogens is 4. The third-order valence-corrected chi connectivity index (χ3v) is 3.61. The molecular weight excluding hydrogens is 234 g/mol. The van der Waals surface area contributed by atoms with Gasteiger partial charge in [0.05, 0.1) is 7.05 Å². The van der Waals surface area contributed by atoms with E-state index in [1.54, 1.807) is 7.05 Å². The number of hydrogen-bond donors (Lipinski definition) is 1. The third-order valence-electron chi connectivity index (χ3n) is 2.49. The second-order valence-corrected chi connectivity index (χ2v) is 5.28. The lowest BCUT2D eigenvalue weighted by Gasteiger charge is -2.14. The molecule has 0 bridgehead atoms. The van der Waals surface area contributed by atoms with Crippen LogP contribution >= 0.6 is 11.3 Å². The highest BCUT2D eigenvalue weighted by Gasteiger charge is 2.15. The largest absolute Gasteiger partial charge is 0.309 e. The Bertz CT molecular complexity index is 476. The Morgan fingerprint density at radius 2 is 2.29 bits per heavy atom. The van der Waals surface area contributed by atoms with Gasteiger partial charge in [0.2, 0.25) is 0 Å². The molecule has 1 atom stereocenters. The van der Waals surface area contributed by atoms with Crippen LogP contribution in [0.5, 0.6) is 0 Å². The van der Waals surface area contributed by atoms with E-state index in [1.165, 1.54) is 14.6 Å². The predicted octanol–water partition coefficient (Wildman–Crippen LogP) is 1.47. The van der Waals surface area contributed by atoms with Crippen molar-refractivity contribution in [2.24, 2.45) is 7.05 Å². The normalized spacial score (nSPS) is 12.9. The number of nitrogens with zero attached hydrogens (tertiary/aromatic N) is 4. The maximum absolute atomic E-state index is 4.22. The molecule has 5 nitrogen and oxygen atoms in total. The summed E-state index contributed by atoms with van der Waals surface area (Å²) < 4.78 is 0. The molecule has 0 aromatic carbocycles. The second kappa shape index (κ2) is 5.37. The van der Waals surface area contributed by atoms with Crippen molar-refractivity contribution in [1.29, 1.82) is 0 Å². The highest BCUT2D eigenvalue weighted by molar-refractivity contribution is 7.12. The molecule has 2 rings (SSSR count). The topological polar surface area (TPSA) is 55.6 Å². The van der Waals surface area contributed by atoms with Gasteiger partial charge < -0.3 is 5.32 Å². The van der Waals surface area contributed by atoms with Crippen molar-refractivity contribution in [2.75, 3.05) is 6.54 Å². The van der Waals surface area contributed by atoms with Gasteiger partial charge in [-0.2, -0.15) is 4.80 Å². The lowest BCUT2D eigenvalue weighted by Crippen LogP contribution is -2.22. The molecule has 0 saturated carbocycles. The molecule has 0 amide bonds. The minimum absolute atomic E-state index is 0.280. The smallest absolute Gasteiger partial charge is 0.176 e. The highest BCUT2D eigenvalue weighted by atomic mass is 32.1. The zero-order valence-corrected chi connectivity index (χ0v) is 11.2. The Morgan fingerprint density at radius 3 is 2.82 bits per heavy atom. The molecule has 2 heterocycles. The molecule has 92 valence electrons. The van der Waals surface area contributed by atoms with Gasteiger partial charge in [-0.05, 0) is 30.8 Å². The summed E-state index contributed by atoms with van der Waals surface area (Å²) >= 11 is 1.82. The van der Waals surface area contributed by atoms with Crippen LogP contribution in [0.25, 0.3) is 0 Å². The van der Waals surface area contributed by atoms with E-state index >= 15 is 0 Å². The minimum atomic E-state index is 0.280. The van der Waals surface area contributed by atoms with Crippen LogP contribution in [0.1, 0.15) is 28.5 Å². The van der Waals surface area contributed by atoms with Crippen LogP contribution in [0.4, 0.5) is 0 Å². The Labute approximate surface area is 105 Å². The van der Waals surface area contributed by atoms with Crippen LogP contribution < -0.4 is 5.32 Å².